The molecule has 2 aromatic rings. The molecule has 114 valence electrons. The van der Waals surface area contributed by atoms with E-state index in [9.17, 15) is 4.79 Å². The average Bonchev–Trinajstić information content (AvgIpc) is 2.98. The topological polar surface area (TPSA) is 96.7 Å². The molecule has 0 unspecified atom stereocenters. The maximum absolute atomic E-state index is 12.2. The van der Waals surface area contributed by atoms with Crippen molar-refractivity contribution in [3.05, 3.63) is 22.5 Å². The second kappa shape index (κ2) is 5.85. The van der Waals surface area contributed by atoms with Crippen molar-refractivity contribution in [2.75, 3.05) is 11.1 Å². The lowest BCUT2D eigenvalue weighted by Gasteiger charge is -2.14. The lowest BCUT2D eigenvalue weighted by molar-refractivity contribution is 0.102. The summed E-state index contributed by atoms with van der Waals surface area (Å²) in [6.45, 7) is 8.28. The van der Waals surface area contributed by atoms with Crippen LogP contribution in [0.1, 0.15) is 56.0 Å². The van der Waals surface area contributed by atoms with Crippen LogP contribution in [-0.2, 0) is 11.8 Å². The van der Waals surface area contributed by atoms with E-state index in [4.69, 9.17) is 5.73 Å². The number of nitrogens with zero attached hydrogens (tertiary/aromatic N) is 2. The summed E-state index contributed by atoms with van der Waals surface area (Å²) in [6, 6.07) is 0. The lowest BCUT2D eigenvalue weighted by atomic mass is 9.93. The van der Waals surface area contributed by atoms with Crippen molar-refractivity contribution in [3.8, 4) is 0 Å². The fourth-order valence-electron chi connectivity index (χ4n) is 1.83. The predicted octanol–water partition coefficient (Wildman–Crippen LogP) is 2.95. The number of carbonyl (C=O) groups is 1. The summed E-state index contributed by atoms with van der Waals surface area (Å²) in [5.74, 6) is -0.332. The fraction of sp³-hybridized carbons (Fsp3) is 0.500. The largest absolute Gasteiger partial charge is 0.395 e. The minimum atomic E-state index is -0.332. The highest BCUT2D eigenvalue weighted by Gasteiger charge is 2.21. The SMILES string of the molecule is CCCc1[nH]nc(C(=O)Nc2nc(C(C)(C)C)cs2)c1N. The van der Waals surface area contributed by atoms with Gasteiger partial charge in [0.1, 0.15) is 0 Å². The Hall–Kier alpha value is -1.89. The molecular formula is C14H21N5OS. The first-order valence-electron chi connectivity index (χ1n) is 6.93. The van der Waals surface area contributed by atoms with Gasteiger partial charge in [-0.05, 0) is 6.42 Å². The highest BCUT2D eigenvalue weighted by atomic mass is 32.1. The summed E-state index contributed by atoms with van der Waals surface area (Å²) in [7, 11) is 0. The van der Waals surface area contributed by atoms with Crippen molar-refractivity contribution in [3.63, 3.8) is 0 Å². The van der Waals surface area contributed by atoms with E-state index in [-0.39, 0.29) is 17.0 Å². The molecule has 0 saturated heterocycles. The molecule has 6 nitrogen and oxygen atoms in total. The second-order valence-corrected chi connectivity index (χ2v) is 6.81. The number of aromatic amines is 1. The average molecular weight is 307 g/mol. The number of nitrogen functional groups attached to an aromatic ring is 1. The van der Waals surface area contributed by atoms with Crippen LogP contribution in [0.4, 0.5) is 10.8 Å². The third-order valence-corrected chi connectivity index (χ3v) is 3.85. The van der Waals surface area contributed by atoms with Crippen molar-refractivity contribution >= 4 is 28.1 Å². The molecule has 0 aromatic carbocycles. The molecule has 0 spiro atoms. The van der Waals surface area contributed by atoms with Crippen LogP contribution in [0.5, 0.6) is 0 Å². The number of aryl methyl sites for hydroxylation is 1. The Morgan fingerprint density at radius 3 is 2.76 bits per heavy atom. The van der Waals surface area contributed by atoms with E-state index in [0.29, 0.717) is 10.8 Å². The first-order valence-corrected chi connectivity index (χ1v) is 7.81. The minimum absolute atomic E-state index is 0.0425. The molecule has 1 amide bonds. The van der Waals surface area contributed by atoms with Crippen molar-refractivity contribution in [1.29, 1.82) is 0 Å². The quantitative estimate of drug-likeness (QED) is 0.809. The third-order valence-electron chi connectivity index (χ3n) is 3.09. The number of carbonyl (C=O) groups excluding carboxylic acids is 1. The van der Waals surface area contributed by atoms with E-state index in [1.165, 1.54) is 11.3 Å². The normalized spacial score (nSPS) is 11.6. The van der Waals surface area contributed by atoms with Crippen LogP contribution in [0.15, 0.2) is 5.38 Å². The van der Waals surface area contributed by atoms with Crippen LogP contribution >= 0.6 is 11.3 Å². The molecule has 0 aliphatic heterocycles. The molecule has 4 N–H and O–H groups in total. The number of aromatic nitrogens is 3. The zero-order valence-corrected chi connectivity index (χ0v) is 13.6. The van der Waals surface area contributed by atoms with Gasteiger partial charge in [-0.25, -0.2) is 4.98 Å². The summed E-state index contributed by atoms with van der Waals surface area (Å²) in [4.78, 5) is 16.6. The monoisotopic (exact) mass is 307 g/mol. The van der Waals surface area contributed by atoms with Crippen LogP contribution in [0.25, 0.3) is 0 Å². The van der Waals surface area contributed by atoms with Crippen LogP contribution in [0, 0.1) is 0 Å². The van der Waals surface area contributed by atoms with Gasteiger partial charge in [0.2, 0.25) is 0 Å². The number of anilines is 2. The van der Waals surface area contributed by atoms with Gasteiger partial charge in [-0.3, -0.25) is 15.2 Å². The zero-order valence-electron chi connectivity index (χ0n) is 12.8. The molecule has 2 aromatic heterocycles. The van der Waals surface area contributed by atoms with Gasteiger partial charge in [-0.15, -0.1) is 11.3 Å². The Bertz CT molecular complexity index is 638. The van der Waals surface area contributed by atoms with E-state index < -0.39 is 0 Å². The highest BCUT2D eigenvalue weighted by molar-refractivity contribution is 7.14. The Kier molecular flexibility index (Phi) is 4.32. The summed E-state index contributed by atoms with van der Waals surface area (Å²) < 4.78 is 0. The first kappa shape index (κ1) is 15.5. The smallest absolute Gasteiger partial charge is 0.280 e. The molecule has 0 aliphatic carbocycles. The molecule has 0 atom stereocenters. The van der Waals surface area contributed by atoms with E-state index in [0.717, 1.165) is 24.2 Å². The molecule has 0 radical (unpaired) electrons. The fourth-order valence-corrected chi connectivity index (χ4v) is 2.76. The van der Waals surface area contributed by atoms with Gasteiger partial charge in [0, 0.05) is 10.8 Å². The van der Waals surface area contributed by atoms with E-state index in [1.807, 2.05) is 12.3 Å². The Labute approximate surface area is 128 Å². The van der Waals surface area contributed by atoms with Gasteiger partial charge in [-0.2, -0.15) is 5.10 Å². The number of H-pyrrole nitrogens is 1. The van der Waals surface area contributed by atoms with Crippen molar-refractivity contribution < 1.29 is 4.79 Å². The Morgan fingerprint density at radius 2 is 2.19 bits per heavy atom. The van der Waals surface area contributed by atoms with Gasteiger partial charge in [0.05, 0.1) is 17.1 Å². The van der Waals surface area contributed by atoms with Crippen LogP contribution in [0.3, 0.4) is 0 Å². The molecule has 0 saturated carbocycles. The van der Waals surface area contributed by atoms with Crippen molar-refractivity contribution in [1.82, 2.24) is 15.2 Å². The number of nitrogens with one attached hydrogen (secondary N) is 2. The maximum atomic E-state index is 12.2. The van der Waals surface area contributed by atoms with Gasteiger partial charge in [-0.1, -0.05) is 34.1 Å². The molecular weight excluding hydrogens is 286 g/mol. The molecule has 0 fully saturated rings. The van der Waals surface area contributed by atoms with E-state index in [1.54, 1.807) is 0 Å². The zero-order chi connectivity index (χ0) is 15.6. The van der Waals surface area contributed by atoms with Crippen molar-refractivity contribution in [2.45, 2.75) is 46.0 Å². The van der Waals surface area contributed by atoms with Gasteiger partial charge >= 0.3 is 0 Å². The number of rotatable bonds is 4. The summed E-state index contributed by atoms with van der Waals surface area (Å²) in [5.41, 5.74) is 8.30. The molecule has 2 rings (SSSR count). The second-order valence-electron chi connectivity index (χ2n) is 5.96. The summed E-state index contributed by atoms with van der Waals surface area (Å²) in [5, 5.41) is 12.1. The molecule has 0 bridgehead atoms. The van der Waals surface area contributed by atoms with Crippen LogP contribution < -0.4 is 11.1 Å². The lowest BCUT2D eigenvalue weighted by Crippen LogP contribution is -2.15. The number of hydrogen-bond acceptors (Lipinski definition) is 5. The van der Waals surface area contributed by atoms with Gasteiger partial charge < -0.3 is 5.73 Å². The molecule has 21 heavy (non-hydrogen) atoms. The molecule has 0 aliphatic rings. The third kappa shape index (κ3) is 3.41. The maximum Gasteiger partial charge on any atom is 0.280 e. The van der Waals surface area contributed by atoms with E-state index in [2.05, 4.69) is 41.3 Å². The molecule has 2 heterocycles. The Morgan fingerprint density at radius 1 is 1.48 bits per heavy atom. The van der Waals surface area contributed by atoms with Crippen molar-refractivity contribution in [2.24, 2.45) is 0 Å². The summed E-state index contributed by atoms with van der Waals surface area (Å²) >= 11 is 1.40. The minimum Gasteiger partial charge on any atom is -0.395 e. The van der Waals surface area contributed by atoms with E-state index >= 15 is 0 Å². The highest BCUT2D eigenvalue weighted by Crippen LogP contribution is 2.27. The van der Waals surface area contributed by atoms with Gasteiger partial charge in [0.15, 0.2) is 10.8 Å². The van der Waals surface area contributed by atoms with Crippen LogP contribution in [-0.4, -0.2) is 21.1 Å². The van der Waals surface area contributed by atoms with Gasteiger partial charge in [0.25, 0.3) is 5.91 Å². The predicted molar refractivity (Wildman–Crippen MR) is 85.8 cm³/mol. The standard InChI is InChI=1S/C14H21N5OS/c1-5-6-8-10(15)11(19-18-8)12(20)17-13-16-9(7-21-13)14(2,3)4/h7H,5-6,15H2,1-4H3,(H,18,19)(H,16,17,20). The number of amides is 1. The first-order chi connectivity index (χ1) is 9.82. The number of hydrogen-bond donors (Lipinski definition) is 3. The number of nitrogens with two attached hydrogens (primary N) is 1. The Balaban J connectivity index is 2.13. The van der Waals surface area contributed by atoms with Crippen LogP contribution in [0.2, 0.25) is 0 Å². The number of thiazole rings is 1. The molecule has 7 heteroatoms. The summed E-state index contributed by atoms with van der Waals surface area (Å²) in [6.07, 6.45) is 1.71.